The zero-order valence-corrected chi connectivity index (χ0v) is 20.8. The van der Waals surface area contributed by atoms with Gasteiger partial charge in [0.25, 0.3) is 0 Å². The molecular formula is C19H44OSiSn. The van der Waals surface area contributed by atoms with Crippen LogP contribution in [0.15, 0.2) is 0 Å². The van der Waals surface area contributed by atoms with Crippen molar-refractivity contribution in [2.24, 2.45) is 0 Å². The molecule has 0 unspecified atom stereocenters. The molecule has 0 saturated carbocycles. The molecule has 0 aromatic carbocycles. The molecule has 0 saturated heterocycles. The summed E-state index contributed by atoms with van der Waals surface area (Å²) in [6, 6.07) is 0. The summed E-state index contributed by atoms with van der Waals surface area (Å²) in [5, 5.41) is 0.352. The van der Waals surface area contributed by atoms with Crippen LogP contribution in [0.25, 0.3) is 0 Å². The van der Waals surface area contributed by atoms with E-state index < -0.39 is 26.7 Å². The summed E-state index contributed by atoms with van der Waals surface area (Å²) in [4.78, 5) is 0. The van der Waals surface area contributed by atoms with Crippen molar-refractivity contribution in [3.8, 4) is 0 Å². The first-order valence-electron chi connectivity index (χ1n) is 9.78. The van der Waals surface area contributed by atoms with E-state index in [1.807, 2.05) is 0 Å². The minimum absolute atomic E-state index is 0.352. The summed E-state index contributed by atoms with van der Waals surface area (Å²) < 4.78 is 12.7. The first-order chi connectivity index (χ1) is 10.1. The van der Waals surface area contributed by atoms with E-state index in [0.717, 1.165) is 0 Å². The molecule has 3 heteroatoms. The summed E-state index contributed by atoms with van der Waals surface area (Å²) in [7, 11) is -1.58. The Bertz CT molecular complexity index is 262. The summed E-state index contributed by atoms with van der Waals surface area (Å²) in [5.41, 5.74) is 0. The normalized spacial score (nSPS) is 13.6. The van der Waals surface area contributed by atoms with Crippen molar-refractivity contribution >= 4 is 26.7 Å². The molecule has 0 heterocycles. The van der Waals surface area contributed by atoms with Crippen LogP contribution in [0.1, 0.15) is 80.1 Å². The van der Waals surface area contributed by atoms with Crippen LogP contribution in [-0.4, -0.2) is 31.3 Å². The van der Waals surface area contributed by atoms with Crippen molar-refractivity contribution in [1.29, 1.82) is 0 Å². The second-order valence-electron chi connectivity index (χ2n) is 8.86. The van der Waals surface area contributed by atoms with Crippen molar-refractivity contribution in [2.75, 3.05) is 4.62 Å². The zero-order chi connectivity index (χ0) is 17.3. The van der Waals surface area contributed by atoms with Gasteiger partial charge >= 0.3 is 147 Å². The van der Waals surface area contributed by atoms with Gasteiger partial charge in [0.05, 0.1) is 0 Å². The van der Waals surface area contributed by atoms with E-state index in [9.17, 15) is 0 Å². The topological polar surface area (TPSA) is 9.23 Å². The Kier molecular flexibility index (Phi) is 11.2. The van der Waals surface area contributed by atoms with E-state index in [2.05, 4.69) is 54.6 Å². The van der Waals surface area contributed by atoms with Crippen molar-refractivity contribution in [2.45, 2.75) is 112 Å². The van der Waals surface area contributed by atoms with Crippen LogP contribution in [0.3, 0.4) is 0 Å². The number of hydrogen-bond donors (Lipinski definition) is 0. The molecule has 134 valence electrons. The Hall–Kier alpha value is 0.976. The van der Waals surface area contributed by atoms with E-state index >= 15 is 0 Å². The molecule has 0 aliphatic carbocycles. The first-order valence-corrected chi connectivity index (χ1v) is 20.8. The SMILES string of the molecule is CCC[CH2][Sn]([CH2]CCC)([CH2]CCC)[CH2]O[Si](C)(C)C(C)(C)C. The summed E-state index contributed by atoms with van der Waals surface area (Å²) in [6.07, 6.45) is 8.42. The third-order valence-corrected chi connectivity index (χ3v) is 25.3. The van der Waals surface area contributed by atoms with Crippen molar-refractivity contribution < 1.29 is 4.43 Å². The molecule has 0 spiro atoms. The summed E-state index contributed by atoms with van der Waals surface area (Å²) >= 11 is -2.09. The molecule has 0 aliphatic rings. The average molecular weight is 435 g/mol. The van der Waals surface area contributed by atoms with Crippen LogP contribution in [0, 0.1) is 0 Å². The van der Waals surface area contributed by atoms with Gasteiger partial charge in [-0.3, -0.25) is 0 Å². The molecule has 1 nitrogen and oxygen atoms in total. The molecule has 0 aromatic heterocycles. The van der Waals surface area contributed by atoms with Gasteiger partial charge in [0.2, 0.25) is 0 Å². The first kappa shape index (κ1) is 23.0. The predicted molar refractivity (Wildman–Crippen MR) is 108 cm³/mol. The second-order valence-corrected chi connectivity index (χ2v) is 27.3. The Morgan fingerprint density at radius 1 is 0.773 bits per heavy atom. The van der Waals surface area contributed by atoms with Gasteiger partial charge in [-0.15, -0.1) is 0 Å². The third-order valence-electron chi connectivity index (χ3n) is 5.73. The molecule has 0 atom stereocenters. The minimum atomic E-state index is -2.09. The molecule has 0 N–H and O–H groups in total. The van der Waals surface area contributed by atoms with Crippen LogP contribution < -0.4 is 0 Å². The summed E-state index contributed by atoms with van der Waals surface area (Å²) in [6.45, 7) is 19.1. The molecule has 0 amide bonds. The number of hydrogen-bond acceptors (Lipinski definition) is 1. The molecule has 0 bridgehead atoms. The van der Waals surface area contributed by atoms with Gasteiger partial charge in [-0.1, -0.05) is 0 Å². The molecule has 0 fully saturated rings. The van der Waals surface area contributed by atoms with E-state index in [-0.39, 0.29) is 0 Å². The van der Waals surface area contributed by atoms with Gasteiger partial charge in [-0.05, 0) is 0 Å². The van der Waals surface area contributed by atoms with Crippen LogP contribution in [0.4, 0.5) is 0 Å². The Morgan fingerprint density at radius 3 is 1.41 bits per heavy atom. The monoisotopic (exact) mass is 436 g/mol. The molecule has 0 aliphatic heterocycles. The van der Waals surface area contributed by atoms with Crippen LogP contribution >= 0.6 is 0 Å². The zero-order valence-electron chi connectivity index (χ0n) is 17.0. The van der Waals surface area contributed by atoms with Gasteiger partial charge in [0.15, 0.2) is 0 Å². The van der Waals surface area contributed by atoms with Crippen LogP contribution in [-0.2, 0) is 4.43 Å². The fourth-order valence-electron chi connectivity index (χ4n) is 2.80. The average Bonchev–Trinajstić information content (AvgIpc) is 2.44. The third kappa shape index (κ3) is 8.19. The molecule has 0 rings (SSSR count). The maximum absolute atomic E-state index is 6.78. The molecular weight excluding hydrogens is 391 g/mol. The van der Waals surface area contributed by atoms with E-state index in [1.54, 1.807) is 13.3 Å². The van der Waals surface area contributed by atoms with Crippen LogP contribution in [0.2, 0.25) is 31.4 Å². The van der Waals surface area contributed by atoms with Gasteiger partial charge < -0.3 is 0 Å². The maximum atomic E-state index is 6.78. The van der Waals surface area contributed by atoms with Gasteiger partial charge in [0, 0.05) is 0 Å². The molecule has 22 heavy (non-hydrogen) atoms. The molecule has 0 aromatic rings. The van der Waals surface area contributed by atoms with Crippen molar-refractivity contribution in [3.05, 3.63) is 0 Å². The number of rotatable bonds is 12. The number of unbranched alkanes of at least 4 members (excludes halogenated alkanes) is 3. The summed E-state index contributed by atoms with van der Waals surface area (Å²) in [5.74, 6) is 0. The Labute approximate surface area is 147 Å². The van der Waals surface area contributed by atoms with E-state index in [4.69, 9.17) is 4.43 Å². The van der Waals surface area contributed by atoms with Crippen LogP contribution in [0.5, 0.6) is 0 Å². The predicted octanol–water partition coefficient (Wildman–Crippen LogP) is 7.40. The Balaban J connectivity index is 4.99. The fourth-order valence-corrected chi connectivity index (χ4v) is 22.4. The molecule has 0 radical (unpaired) electrons. The standard InChI is InChI=1S/C7H17OSi.3C4H9.Sn/c1-7(2,3)9(5,6)8-4;3*1-3-4-2;/h4H2,1-3,5-6H3;3*1,3-4H2,2H3;. The van der Waals surface area contributed by atoms with E-state index in [1.165, 1.54) is 43.1 Å². The van der Waals surface area contributed by atoms with Crippen molar-refractivity contribution in [1.82, 2.24) is 0 Å². The second kappa shape index (κ2) is 10.8. The van der Waals surface area contributed by atoms with Crippen molar-refractivity contribution in [3.63, 3.8) is 0 Å². The Morgan fingerprint density at radius 2 is 1.14 bits per heavy atom. The van der Waals surface area contributed by atoms with Gasteiger partial charge in [-0.2, -0.15) is 0 Å². The van der Waals surface area contributed by atoms with E-state index in [0.29, 0.717) is 5.04 Å². The van der Waals surface area contributed by atoms with Gasteiger partial charge in [-0.25, -0.2) is 0 Å². The fraction of sp³-hybridized carbons (Fsp3) is 1.00. The quantitative estimate of drug-likeness (QED) is 0.290. The van der Waals surface area contributed by atoms with Gasteiger partial charge in [0.1, 0.15) is 0 Å².